The maximum atomic E-state index is 12.7. The molecule has 1 amide bonds. The smallest absolute Gasteiger partial charge is 0.270 e. The van der Waals surface area contributed by atoms with Crippen LogP contribution in [-0.2, 0) is 6.54 Å². The third-order valence-electron chi connectivity index (χ3n) is 6.01. The summed E-state index contributed by atoms with van der Waals surface area (Å²) < 4.78 is 0. The summed E-state index contributed by atoms with van der Waals surface area (Å²) in [5.74, 6) is 0.229. The molecule has 3 aromatic heterocycles. The number of likely N-dealkylation sites (tertiary alicyclic amines) is 1. The number of piperidine rings is 1. The van der Waals surface area contributed by atoms with Crippen LogP contribution >= 0.6 is 22.9 Å². The first-order chi connectivity index (χ1) is 17.4. The summed E-state index contributed by atoms with van der Waals surface area (Å²) in [5, 5.41) is 25.4. The molecule has 3 aromatic rings. The van der Waals surface area contributed by atoms with Gasteiger partial charge in [0.1, 0.15) is 21.5 Å². The molecule has 6 N–H and O–H groups in total. The van der Waals surface area contributed by atoms with Gasteiger partial charge in [-0.15, -0.1) is 11.3 Å². The van der Waals surface area contributed by atoms with Crippen LogP contribution in [0, 0.1) is 5.92 Å². The SMILES string of the molecule is Nc1cc(C(=O)NCC2CCN(Cc3cnc(-c4ccccn4)s3)CC2)nc(NC[C@H](O)CO)c1Cl. The van der Waals surface area contributed by atoms with Gasteiger partial charge in [0.15, 0.2) is 0 Å². The molecule has 0 saturated carbocycles. The summed E-state index contributed by atoms with van der Waals surface area (Å²) in [6.45, 7) is 2.93. The Morgan fingerprint density at radius 3 is 2.83 bits per heavy atom. The highest BCUT2D eigenvalue weighted by Gasteiger charge is 2.22. The lowest BCUT2D eigenvalue weighted by molar-refractivity contribution is 0.0930. The second-order valence-electron chi connectivity index (χ2n) is 8.75. The Morgan fingerprint density at radius 2 is 2.11 bits per heavy atom. The average Bonchev–Trinajstić information content (AvgIpc) is 3.37. The molecule has 0 spiro atoms. The molecule has 10 nitrogen and oxygen atoms in total. The van der Waals surface area contributed by atoms with Crippen molar-refractivity contribution in [1.29, 1.82) is 0 Å². The molecular weight excluding hydrogens is 502 g/mol. The second kappa shape index (κ2) is 12.4. The highest BCUT2D eigenvalue weighted by Crippen LogP contribution is 2.28. The molecule has 192 valence electrons. The monoisotopic (exact) mass is 531 g/mol. The van der Waals surface area contributed by atoms with Crippen molar-refractivity contribution in [2.45, 2.75) is 25.5 Å². The van der Waals surface area contributed by atoms with Crippen LogP contribution in [0.25, 0.3) is 10.7 Å². The zero-order valence-corrected chi connectivity index (χ0v) is 21.3. The van der Waals surface area contributed by atoms with E-state index in [2.05, 4.69) is 30.5 Å². The van der Waals surface area contributed by atoms with E-state index in [-0.39, 0.29) is 34.7 Å². The number of halogens is 1. The van der Waals surface area contributed by atoms with E-state index in [1.165, 1.54) is 10.9 Å². The minimum Gasteiger partial charge on any atom is -0.397 e. The zero-order valence-electron chi connectivity index (χ0n) is 19.7. The number of nitrogen functional groups attached to an aromatic ring is 1. The van der Waals surface area contributed by atoms with E-state index in [9.17, 15) is 9.90 Å². The van der Waals surface area contributed by atoms with Gasteiger partial charge in [0, 0.05) is 36.9 Å². The molecule has 0 aliphatic carbocycles. The Morgan fingerprint density at radius 1 is 1.31 bits per heavy atom. The number of aliphatic hydroxyl groups is 2. The number of hydrogen-bond donors (Lipinski definition) is 5. The van der Waals surface area contributed by atoms with Gasteiger partial charge in [-0.2, -0.15) is 0 Å². The van der Waals surface area contributed by atoms with E-state index in [0.29, 0.717) is 12.5 Å². The molecule has 0 bridgehead atoms. The van der Waals surface area contributed by atoms with Gasteiger partial charge in [0.2, 0.25) is 0 Å². The summed E-state index contributed by atoms with van der Waals surface area (Å²) in [6, 6.07) is 7.26. The van der Waals surface area contributed by atoms with Gasteiger partial charge in [0.05, 0.1) is 24.1 Å². The zero-order chi connectivity index (χ0) is 25.5. The predicted octanol–water partition coefficient (Wildman–Crippen LogP) is 2.24. The Hall–Kier alpha value is -2.83. The van der Waals surface area contributed by atoms with Gasteiger partial charge in [-0.1, -0.05) is 17.7 Å². The third-order valence-corrected chi connectivity index (χ3v) is 7.41. The minimum absolute atomic E-state index is 0.0261. The van der Waals surface area contributed by atoms with Crippen molar-refractivity contribution in [3.8, 4) is 10.7 Å². The van der Waals surface area contributed by atoms with Crippen LogP contribution in [0.4, 0.5) is 11.5 Å². The van der Waals surface area contributed by atoms with E-state index in [1.807, 2.05) is 24.4 Å². The Kier molecular flexibility index (Phi) is 9.05. The summed E-state index contributed by atoms with van der Waals surface area (Å²) >= 11 is 7.83. The normalized spacial score (nSPS) is 15.5. The molecular formula is C24H30ClN7O3S. The first-order valence-corrected chi connectivity index (χ1v) is 13.0. The van der Waals surface area contributed by atoms with E-state index in [1.54, 1.807) is 17.5 Å². The summed E-state index contributed by atoms with van der Waals surface area (Å²) in [6.07, 6.45) is 4.69. The van der Waals surface area contributed by atoms with Crippen LogP contribution in [0.15, 0.2) is 36.7 Å². The van der Waals surface area contributed by atoms with Gasteiger partial charge >= 0.3 is 0 Å². The summed E-state index contributed by atoms with van der Waals surface area (Å²) in [5.41, 5.74) is 7.18. The van der Waals surface area contributed by atoms with Gasteiger partial charge in [-0.3, -0.25) is 14.7 Å². The van der Waals surface area contributed by atoms with Crippen molar-refractivity contribution in [1.82, 2.24) is 25.2 Å². The van der Waals surface area contributed by atoms with E-state index in [0.717, 1.165) is 43.2 Å². The molecule has 0 aromatic carbocycles. The van der Waals surface area contributed by atoms with Crippen molar-refractivity contribution in [2.75, 3.05) is 43.8 Å². The number of thiazole rings is 1. The Labute approximate surface area is 218 Å². The number of aliphatic hydroxyl groups excluding tert-OH is 2. The molecule has 1 aliphatic rings. The first-order valence-electron chi connectivity index (χ1n) is 11.8. The predicted molar refractivity (Wildman–Crippen MR) is 141 cm³/mol. The summed E-state index contributed by atoms with van der Waals surface area (Å²) in [4.78, 5) is 29.5. The van der Waals surface area contributed by atoms with Crippen LogP contribution in [-0.4, -0.2) is 74.9 Å². The number of carbonyl (C=O) groups is 1. The number of hydrogen-bond acceptors (Lipinski definition) is 10. The highest BCUT2D eigenvalue weighted by atomic mass is 35.5. The first kappa shape index (κ1) is 26.2. The van der Waals surface area contributed by atoms with Gasteiger partial charge in [0.25, 0.3) is 5.91 Å². The Bertz CT molecular complexity index is 1160. The fourth-order valence-corrected chi connectivity index (χ4v) is 5.04. The average molecular weight is 532 g/mol. The molecule has 1 fully saturated rings. The lowest BCUT2D eigenvalue weighted by Gasteiger charge is -2.31. The molecule has 0 unspecified atom stereocenters. The molecule has 4 heterocycles. The number of amides is 1. The van der Waals surface area contributed by atoms with Crippen LogP contribution in [0.3, 0.4) is 0 Å². The molecule has 36 heavy (non-hydrogen) atoms. The fourth-order valence-electron chi connectivity index (χ4n) is 3.95. The Balaban J connectivity index is 1.24. The maximum Gasteiger partial charge on any atom is 0.270 e. The van der Waals surface area contributed by atoms with Crippen LogP contribution in [0.2, 0.25) is 5.02 Å². The second-order valence-corrected chi connectivity index (χ2v) is 10.2. The number of pyridine rings is 2. The maximum absolute atomic E-state index is 12.7. The number of carbonyl (C=O) groups excluding carboxylic acids is 1. The van der Waals surface area contributed by atoms with Crippen LogP contribution in [0.5, 0.6) is 0 Å². The highest BCUT2D eigenvalue weighted by molar-refractivity contribution is 7.14. The number of aromatic nitrogens is 3. The quantitative estimate of drug-likeness (QED) is 0.265. The van der Waals surface area contributed by atoms with Gasteiger partial charge in [-0.25, -0.2) is 9.97 Å². The number of rotatable bonds is 10. The molecule has 1 aliphatic heterocycles. The third kappa shape index (κ3) is 6.89. The van der Waals surface area contributed by atoms with Crippen molar-refractivity contribution in [3.05, 3.63) is 52.3 Å². The lowest BCUT2D eigenvalue weighted by atomic mass is 9.96. The van der Waals surface area contributed by atoms with Crippen molar-refractivity contribution in [3.63, 3.8) is 0 Å². The molecule has 1 atom stereocenters. The van der Waals surface area contributed by atoms with Crippen molar-refractivity contribution >= 4 is 40.4 Å². The van der Waals surface area contributed by atoms with E-state index < -0.39 is 12.7 Å². The largest absolute Gasteiger partial charge is 0.397 e. The van der Waals surface area contributed by atoms with E-state index in [4.69, 9.17) is 22.4 Å². The van der Waals surface area contributed by atoms with E-state index >= 15 is 0 Å². The minimum atomic E-state index is -0.980. The van der Waals surface area contributed by atoms with Crippen LogP contribution < -0.4 is 16.4 Å². The lowest BCUT2D eigenvalue weighted by Crippen LogP contribution is -2.38. The fraction of sp³-hybridized carbons (Fsp3) is 0.417. The van der Waals surface area contributed by atoms with Gasteiger partial charge in [-0.05, 0) is 50.0 Å². The molecule has 1 saturated heterocycles. The number of nitrogens with zero attached hydrogens (tertiary/aromatic N) is 4. The topological polar surface area (TPSA) is 150 Å². The van der Waals surface area contributed by atoms with Crippen molar-refractivity contribution in [2.24, 2.45) is 5.92 Å². The number of nitrogens with two attached hydrogens (primary N) is 1. The van der Waals surface area contributed by atoms with Crippen LogP contribution in [0.1, 0.15) is 28.2 Å². The van der Waals surface area contributed by atoms with Crippen molar-refractivity contribution < 1.29 is 15.0 Å². The number of anilines is 2. The molecule has 4 rings (SSSR count). The standard InChI is InChI=1S/C24H30ClN7O3S/c25-21-18(26)9-20(31-22(21)28-11-16(34)14-33)23(35)29-10-15-4-7-32(8-5-15)13-17-12-30-24(36-17)19-3-1-2-6-27-19/h1-3,6,9,12,15-16,33-34H,4-5,7-8,10-11,13-14H2,(H,29,35)(H3,26,28,31)/t16-/m0/s1. The molecule has 0 radical (unpaired) electrons. The van der Waals surface area contributed by atoms with Gasteiger partial charge < -0.3 is 26.6 Å². The number of nitrogens with one attached hydrogen (secondary N) is 2. The molecule has 12 heteroatoms. The summed E-state index contributed by atoms with van der Waals surface area (Å²) in [7, 11) is 0.